The lowest BCUT2D eigenvalue weighted by atomic mass is 10.1. The van der Waals surface area contributed by atoms with E-state index in [0.29, 0.717) is 0 Å². The van der Waals surface area contributed by atoms with E-state index < -0.39 is 0 Å². The molecule has 0 aliphatic heterocycles. The van der Waals surface area contributed by atoms with Crippen molar-refractivity contribution in [2.45, 2.75) is 47.0 Å². The van der Waals surface area contributed by atoms with Gasteiger partial charge in [0.15, 0.2) is 0 Å². The van der Waals surface area contributed by atoms with Crippen LogP contribution in [0.15, 0.2) is 12.7 Å². The molecule has 0 rings (SSSR count). The first kappa shape index (κ1) is 12.4. The van der Waals surface area contributed by atoms with Crippen molar-refractivity contribution in [3.05, 3.63) is 12.7 Å². The van der Waals surface area contributed by atoms with Crippen LogP contribution >= 0.6 is 0 Å². The smallest absolute Gasteiger partial charge is 0.0265 e. The molecular formula is C10H22. The molecule has 0 saturated carbocycles. The predicted octanol–water partition coefficient (Wildman–Crippen LogP) is 4.02. The quantitative estimate of drug-likeness (QED) is 0.520. The van der Waals surface area contributed by atoms with Gasteiger partial charge in [0, 0.05) is 0 Å². The van der Waals surface area contributed by atoms with Crippen LogP contribution in [0, 0.1) is 5.92 Å². The molecule has 10 heavy (non-hydrogen) atoms. The monoisotopic (exact) mass is 142 g/mol. The van der Waals surface area contributed by atoms with Crippen LogP contribution in [-0.4, -0.2) is 0 Å². The number of hydrogen-bond donors (Lipinski definition) is 0. The third kappa shape index (κ3) is 10.7. The molecule has 0 heterocycles. The maximum Gasteiger partial charge on any atom is -0.0265 e. The molecule has 0 radical (unpaired) electrons. The molecule has 0 heteroatoms. The van der Waals surface area contributed by atoms with Crippen LogP contribution in [0.2, 0.25) is 0 Å². The van der Waals surface area contributed by atoms with Crippen LogP contribution in [0.5, 0.6) is 0 Å². The lowest BCUT2D eigenvalue weighted by molar-refractivity contribution is 0.599. The van der Waals surface area contributed by atoms with Gasteiger partial charge in [-0.1, -0.05) is 46.6 Å². The Hall–Kier alpha value is -0.260. The zero-order chi connectivity index (χ0) is 8.41. The van der Waals surface area contributed by atoms with Crippen LogP contribution in [0.3, 0.4) is 0 Å². The van der Waals surface area contributed by atoms with Gasteiger partial charge in [0.1, 0.15) is 0 Å². The SMILES string of the molecule is C=CC(C)CCCC.CC. The first-order valence-corrected chi connectivity index (χ1v) is 4.43. The standard InChI is InChI=1S/C8H16.C2H6/c1-4-6-7-8(3)5-2;1-2/h5,8H,2,4,6-7H2,1,3H3;1-2H3. The van der Waals surface area contributed by atoms with E-state index in [-0.39, 0.29) is 0 Å². The molecule has 0 amide bonds. The van der Waals surface area contributed by atoms with Gasteiger partial charge in [0.25, 0.3) is 0 Å². The molecule has 0 aliphatic carbocycles. The molecule has 0 aliphatic rings. The van der Waals surface area contributed by atoms with Crippen molar-refractivity contribution in [2.75, 3.05) is 0 Å². The van der Waals surface area contributed by atoms with E-state index in [1.54, 1.807) is 0 Å². The molecule has 0 spiro atoms. The van der Waals surface area contributed by atoms with Gasteiger partial charge in [-0.3, -0.25) is 0 Å². The van der Waals surface area contributed by atoms with Gasteiger partial charge in [-0.25, -0.2) is 0 Å². The molecule has 0 N–H and O–H groups in total. The fourth-order valence-corrected chi connectivity index (χ4v) is 0.644. The number of allylic oxidation sites excluding steroid dienone is 1. The molecule has 0 saturated heterocycles. The zero-order valence-corrected chi connectivity index (χ0v) is 7.98. The maximum atomic E-state index is 3.71. The van der Waals surface area contributed by atoms with Crippen LogP contribution in [0.4, 0.5) is 0 Å². The summed E-state index contributed by atoms with van der Waals surface area (Å²) in [6.07, 6.45) is 5.97. The molecule has 0 bridgehead atoms. The second kappa shape index (κ2) is 11.5. The molecule has 1 unspecified atom stereocenters. The van der Waals surface area contributed by atoms with E-state index in [4.69, 9.17) is 0 Å². The highest BCUT2D eigenvalue weighted by Crippen LogP contribution is 2.06. The van der Waals surface area contributed by atoms with Crippen molar-refractivity contribution >= 4 is 0 Å². The molecule has 62 valence electrons. The first-order valence-electron chi connectivity index (χ1n) is 4.43. The molecule has 0 aromatic heterocycles. The maximum absolute atomic E-state index is 3.71. The summed E-state index contributed by atoms with van der Waals surface area (Å²) in [5.74, 6) is 0.718. The van der Waals surface area contributed by atoms with Crippen molar-refractivity contribution in [3.8, 4) is 0 Å². The largest absolute Gasteiger partial charge is 0.103 e. The topological polar surface area (TPSA) is 0 Å². The van der Waals surface area contributed by atoms with Crippen LogP contribution < -0.4 is 0 Å². The van der Waals surface area contributed by atoms with Crippen molar-refractivity contribution in [1.29, 1.82) is 0 Å². The van der Waals surface area contributed by atoms with Gasteiger partial charge in [-0.2, -0.15) is 0 Å². The van der Waals surface area contributed by atoms with E-state index in [1.165, 1.54) is 19.3 Å². The van der Waals surface area contributed by atoms with Crippen molar-refractivity contribution < 1.29 is 0 Å². The minimum absolute atomic E-state index is 0.718. The second-order valence-electron chi connectivity index (χ2n) is 2.36. The van der Waals surface area contributed by atoms with E-state index in [0.717, 1.165) is 5.92 Å². The summed E-state index contributed by atoms with van der Waals surface area (Å²) < 4.78 is 0. The fourth-order valence-electron chi connectivity index (χ4n) is 0.644. The minimum atomic E-state index is 0.718. The Bertz CT molecular complexity index is 55.1. The van der Waals surface area contributed by atoms with Crippen LogP contribution in [0.25, 0.3) is 0 Å². The fraction of sp³-hybridized carbons (Fsp3) is 0.800. The first-order chi connectivity index (χ1) is 4.81. The highest BCUT2D eigenvalue weighted by molar-refractivity contribution is 4.73. The molecule has 0 aromatic rings. The van der Waals surface area contributed by atoms with Gasteiger partial charge < -0.3 is 0 Å². The van der Waals surface area contributed by atoms with Gasteiger partial charge in [-0.05, 0) is 12.3 Å². The van der Waals surface area contributed by atoms with Crippen molar-refractivity contribution in [3.63, 3.8) is 0 Å². The van der Waals surface area contributed by atoms with Crippen molar-refractivity contribution in [1.82, 2.24) is 0 Å². The number of unbranched alkanes of at least 4 members (excludes halogenated alkanes) is 1. The molecule has 1 atom stereocenters. The van der Waals surface area contributed by atoms with Gasteiger partial charge in [0.05, 0.1) is 0 Å². The van der Waals surface area contributed by atoms with Crippen molar-refractivity contribution in [2.24, 2.45) is 5.92 Å². The van der Waals surface area contributed by atoms with Crippen LogP contribution in [-0.2, 0) is 0 Å². The lowest BCUT2D eigenvalue weighted by Crippen LogP contribution is -1.86. The van der Waals surface area contributed by atoms with E-state index in [2.05, 4.69) is 20.4 Å². The van der Waals surface area contributed by atoms with Gasteiger partial charge in [-0.15, -0.1) is 6.58 Å². The lowest BCUT2D eigenvalue weighted by Gasteiger charge is -2.00. The Morgan fingerprint density at radius 1 is 1.40 bits per heavy atom. The summed E-state index contributed by atoms with van der Waals surface area (Å²) >= 11 is 0. The van der Waals surface area contributed by atoms with E-state index in [9.17, 15) is 0 Å². The molecular weight excluding hydrogens is 120 g/mol. The Kier molecular flexibility index (Phi) is 14.3. The summed E-state index contributed by atoms with van der Waals surface area (Å²) in [7, 11) is 0. The second-order valence-corrected chi connectivity index (χ2v) is 2.36. The summed E-state index contributed by atoms with van der Waals surface area (Å²) in [6, 6.07) is 0. The van der Waals surface area contributed by atoms with E-state index in [1.807, 2.05) is 19.9 Å². The minimum Gasteiger partial charge on any atom is -0.103 e. The van der Waals surface area contributed by atoms with Crippen LogP contribution in [0.1, 0.15) is 47.0 Å². The highest BCUT2D eigenvalue weighted by atomic mass is 14.0. The third-order valence-corrected chi connectivity index (χ3v) is 1.42. The van der Waals surface area contributed by atoms with E-state index >= 15 is 0 Å². The summed E-state index contributed by atoms with van der Waals surface area (Å²) in [6.45, 7) is 12.1. The summed E-state index contributed by atoms with van der Waals surface area (Å²) in [4.78, 5) is 0. The Morgan fingerprint density at radius 3 is 2.20 bits per heavy atom. The Balaban J connectivity index is 0. The normalized spacial score (nSPS) is 11.2. The Morgan fingerprint density at radius 2 is 1.90 bits per heavy atom. The number of hydrogen-bond acceptors (Lipinski definition) is 0. The average molecular weight is 142 g/mol. The highest BCUT2D eigenvalue weighted by Gasteiger charge is 1.91. The Labute approximate surface area is 66.3 Å². The van der Waals surface area contributed by atoms with Gasteiger partial charge >= 0.3 is 0 Å². The predicted molar refractivity (Wildman–Crippen MR) is 50.2 cm³/mol. The zero-order valence-electron chi connectivity index (χ0n) is 7.98. The van der Waals surface area contributed by atoms with Gasteiger partial charge in [0.2, 0.25) is 0 Å². The molecule has 0 aromatic carbocycles. The average Bonchev–Trinajstić information content (AvgIpc) is 2.04. The third-order valence-electron chi connectivity index (χ3n) is 1.42. The molecule has 0 fully saturated rings. The molecule has 0 nitrogen and oxygen atoms in total. The number of rotatable bonds is 4. The summed E-state index contributed by atoms with van der Waals surface area (Å²) in [5.41, 5.74) is 0. The summed E-state index contributed by atoms with van der Waals surface area (Å²) in [5, 5.41) is 0.